The first-order chi connectivity index (χ1) is 16.0. The molecule has 0 amide bonds. The van der Waals surface area contributed by atoms with Crippen LogP contribution < -0.4 is 0 Å². The van der Waals surface area contributed by atoms with E-state index in [1.807, 2.05) is 6.07 Å². The molecule has 2 N–H and O–H groups in total. The summed E-state index contributed by atoms with van der Waals surface area (Å²) in [5, 5.41) is 29.1. The first-order valence-electron chi connectivity index (χ1n) is 10.2. The summed E-state index contributed by atoms with van der Waals surface area (Å²) in [7, 11) is 1.30. The highest BCUT2D eigenvalue weighted by Gasteiger charge is 2.15. The van der Waals surface area contributed by atoms with Crippen molar-refractivity contribution in [2.45, 2.75) is 6.42 Å². The van der Waals surface area contributed by atoms with Gasteiger partial charge in [0.2, 0.25) is 0 Å². The molecule has 0 spiro atoms. The van der Waals surface area contributed by atoms with Gasteiger partial charge in [-0.25, -0.2) is 4.79 Å². The standard InChI is InChI=1S/C25H21N3O5/c1-33-25(32)19-7-9-20-21(15-19)27-28(26-20)22-14-16(11-12-29)13-18(24(22)31)8-10-23(30)17-5-3-2-4-6-17/h2-10,13-15,29,31H,11-12H2,1H3. The number of ether oxygens (including phenoxy) is 1. The minimum atomic E-state index is -0.491. The molecule has 0 aliphatic rings. The lowest BCUT2D eigenvalue weighted by Gasteiger charge is -2.10. The molecular weight excluding hydrogens is 422 g/mol. The van der Waals surface area contributed by atoms with Crippen LogP contribution in [-0.2, 0) is 11.2 Å². The summed E-state index contributed by atoms with van der Waals surface area (Å²) in [5.74, 6) is -0.820. The Morgan fingerprint density at radius 3 is 2.48 bits per heavy atom. The Kier molecular flexibility index (Phi) is 6.28. The number of nitrogens with zero attached hydrogens (tertiary/aromatic N) is 3. The fourth-order valence-corrected chi connectivity index (χ4v) is 3.39. The van der Waals surface area contributed by atoms with Gasteiger partial charge in [-0.2, -0.15) is 0 Å². The number of carbonyl (C=O) groups is 2. The van der Waals surface area contributed by atoms with Crippen LogP contribution in [0.5, 0.6) is 5.75 Å². The van der Waals surface area contributed by atoms with Crippen LogP contribution in [-0.4, -0.2) is 50.7 Å². The third-order valence-corrected chi connectivity index (χ3v) is 5.07. The quantitative estimate of drug-likeness (QED) is 0.256. The fourth-order valence-electron chi connectivity index (χ4n) is 3.39. The number of aliphatic hydroxyl groups excluding tert-OH is 1. The van der Waals surface area contributed by atoms with Crippen LogP contribution in [0.3, 0.4) is 0 Å². The van der Waals surface area contributed by atoms with Crippen molar-refractivity contribution in [3.63, 3.8) is 0 Å². The highest BCUT2D eigenvalue weighted by atomic mass is 16.5. The number of carbonyl (C=O) groups excluding carboxylic acids is 2. The summed E-state index contributed by atoms with van der Waals surface area (Å²) in [6, 6.07) is 16.9. The van der Waals surface area contributed by atoms with E-state index in [1.165, 1.54) is 24.1 Å². The van der Waals surface area contributed by atoms with Gasteiger partial charge in [0.15, 0.2) is 5.78 Å². The van der Waals surface area contributed by atoms with E-state index < -0.39 is 5.97 Å². The van der Waals surface area contributed by atoms with Gasteiger partial charge in [-0.05, 0) is 54.5 Å². The number of fused-ring (bicyclic) bond motifs is 1. The lowest BCUT2D eigenvalue weighted by molar-refractivity contribution is 0.0600. The molecule has 8 heteroatoms. The number of hydrogen-bond acceptors (Lipinski definition) is 7. The number of aliphatic hydroxyl groups is 1. The molecule has 0 atom stereocenters. The number of phenolic OH excluding ortho intramolecular Hbond substituents is 1. The number of benzene rings is 3. The molecular formula is C25H21N3O5. The van der Waals surface area contributed by atoms with Gasteiger partial charge in [0.1, 0.15) is 22.5 Å². The van der Waals surface area contributed by atoms with Gasteiger partial charge in [-0.1, -0.05) is 30.3 Å². The van der Waals surface area contributed by atoms with Crippen molar-refractivity contribution < 1.29 is 24.5 Å². The summed E-state index contributed by atoms with van der Waals surface area (Å²) in [4.78, 5) is 25.5. The molecule has 0 aliphatic heterocycles. The molecule has 33 heavy (non-hydrogen) atoms. The SMILES string of the molecule is COC(=O)c1ccc2nn(-c3cc(CCO)cc(C=CC(=O)c4ccccc4)c3O)nc2c1. The minimum absolute atomic E-state index is 0.0900. The number of aromatic nitrogens is 3. The molecule has 0 bridgehead atoms. The summed E-state index contributed by atoms with van der Waals surface area (Å²) >= 11 is 0. The van der Waals surface area contributed by atoms with Gasteiger partial charge in [-0.15, -0.1) is 15.0 Å². The van der Waals surface area contributed by atoms with Crippen molar-refractivity contribution >= 4 is 28.9 Å². The largest absolute Gasteiger partial charge is 0.505 e. The number of aromatic hydroxyl groups is 1. The molecule has 0 unspecified atom stereocenters. The van der Waals surface area contributed by atoms with Crippen molar-refractivity contribution in [1.29, 1.82) is 0 Å². The second-order valence-electron chi connectivity index (χ2n) is 7.27. The average Bonchev–Trinajstić information content (AvgIpc) is 3.27. The van der Waals surface area contributed by atoms with E-state index in [4.69, 9.17) is 4.74 Å². The van der Waals surface area contributed by atoms with Crippen LogP contribution in [0.4, 0.5) is 0 Å². The second kappa shape index (κ2) is 9.46. The molecule has 0 fully saturated rings. The summed E-state index contributed by atoms with van der Waals surface area (Å²) in [6.07, 6.45) is 3.24. The molecule has 0 aliphatic carbocycles. The van der Waals surface area contributed by atoms with Crippen LogP contribution >= 0.6 is 0 Å². The molecule has 8 nitrogen and oxygen atoms in total. The van der Waals surface area contributed by atoms with Gasteiger partial charge >= 0.3 is 5.97 Å². The van der Waals surface area contributed by atoms with Crippen LogP contribution in [0.2, 0.25) is 0 Å². The van der Waals surface area contributed by atoms with Crippen LogP contribution in [0, 0.1) is 0 Å². The molecule has 166 valence electrons. The van der Waals surface area contributed by atoms with E-state index >= 15 is 0 Å². The maximum absolute atomic E-state index is 12.4. The minimum Gasteiger partial charge on any atom is -0.505 e. The molecule has 4 rings (SSSR count). The number of hydrogen-bond donors (Lipinski definition) is 2. The topological polar surface area (TPSA) is 115 Å². The molecule has 0 radical (unpaired) electrons. The maximum Gasteiger partial charge on any atom is 0.337 e. The van der Waals surface area contributed by atoms with E-state index in [0.717, 1.165) is 5.56 Å². The highest BCUT2D eigenvalue weighted by molar-refractivity contribution is 6.07. The van der Waals surface area contributed by atoms with Gasteiger partial charge < -0.3 is 14.9 Å². The van der Waals surface area contributed by atoms with Crippen LogP contribution in [0.25, 0.3) is 22.8 Å². The fraction of sp³-hybridized carbons (Fsp3) is 0.120. The summed E-state index contributed by atoms with van der Waals surface area (Å²) in [6.45, 7) is -0.0900. The maximum atomic E-state index is 12.4. The molecule has 0 saturated heterocycles. The summed E-state index contributed by atoms with van der Waals surface area (Å²) < 4.78 is 4.74. The Hall–Kier alpha value is -4.30. The van der Waals surface area contributed by atoms with Gasteiger partial charge in [0, 0.05) is 17.7 Å². The average molecular weight is 443 g/mol. The Bertz CT molecular complexity index is 1360. The van der Waals surface area contributed by atoms with E-state index in [2.05, 4.69) is 10.2 Å². The van der Waals surface area contributed by atoms with Crippen LogP contribution in [0.15, 0.2) is 66.7 Å². The first-order valence-corrected chi connectivity index (χ1v) is 10.2. The van der Waals surface area contributed by atoms with Gasteiger partial charge in [0.25, 0.3) is 0 Å². The molecule has 3 aromatic carbocycles. The number of rotatable bonds is 7. The monoisotopic (exact) mass is 443 g/mol. The van der Waals surface area contributed by atoms with E-state index in [1.54, 1.807) is 54.6 Å². The molecule has 0 saturated carbocycles. The van der Waals surface area contributed by atoms with Gasteiger partial charge in [0.05, 0.1) is 12.7 Å². The first kappa shape index (κ1) is 21.9. The third kappa shape index (κ3) is 4.65. The van der Waals surface area contributed by atoms with Gasteiger partial charge in [-0.3, -0.25) is 4.79 Å². The van der Waals surface area contributed by atoms with Crippen LogP contribution in [0.1, 0.15) is 31.8 Å². The molecule has 1 aromatic heterocycles. The Morgan fingerprint density at radius 2 is 1.76 bits per heavy atom. The molecule has 4 aromatic rings. The van der Waals surface area contributed by atoms with E-state index in [9.17, 15) is 19.8 Å². The highest BCUT2D eigenvalue weighted by Crippen LogP contribution is 2.30. The number of ketones is 1. The molecule has 1 heterocycles. The number of methoxy groups -OCH3 is 1. The lowest BCUT2D eigenvalue weighted by Crippen LogP contribution is -2.03. The zero-order chi connectivity index (χ0) is 23.4. The lowest BCUT2D eigenvalue weighted by atomic mass is 10.0. The summed E-state index contributed by atoms with van der Waals surface area (Å²) in [5.41, 5.74) is 3.22. The van der Waals surface area contributed by atoms with E-state index in [-0.39, 0.29) is 23.8 Å². The van der Waals surface area contributed by atoms with Crippen molar-refractivity contribution in [2.75, 3.05) is 13.7 Å². The zero-order valence-corrected chi connectivity index (χ0v) is 17.8. The van der Waals surface area contributed by atoms with E-state index in [0.29, 0.717) is 34.1 Å². The Balaban J connectivity index is 1.75. The second-order valence-corrected chi connectivity index (χ2v) is 7.27. The Labute approximate surface area is 189 Å². The third-order valence-electron chi connectivity index (χ3n) is 5.07. The number of esters is 1. The smallest absolute Gasteiger partial charge is 0.337 e. The van der Waals surface area contributed by atoms with Crippen molar-refractivity contribution in [2.24, 2.45) is 0 Å². The Morgan fingerprint density at radius 1 is 1.00 bits per heavy atom. The number of allylic oxidation sites excluding steroid dienone is 1. The van der Waals surface area contributed by atoms with Crippen molar-refractivity contribution in [3.8, 4) is 11.4 Å². The van der Waals surface area contributed by atoms with Crippen molar-refractivity contribution in [1.82, 2.24) is 15.0 Å². The normalized spacial score (nSPS) is 11.2. The predicted molar refractivity (Wildman–Crippen MR) is 122 cm³/mol. The predicted octanol–water partition coefficient (Wildman–Crippen LogP) is 3.34. The van der Waals surface area contributed by atoms with Crippen molar-refractivity contribution in [3.05, 3.63) is 89.0 Å². The number of phenols is 1. The zero-order valence-electron chi connectivity index (χ0n) is 17.8.